The van der Waals surface area contributed by atoms with Crippen LogP contribution in [0.5, 0.6) is 0 Å². The molecule has 1 aromatic carbocycles. The Morgan fingerprint density at radius 2 is 1.91 bits per heavy atom. The minimum Gasteiger partial charge on any atom is -0.294 e. The van der Waals surface area contributed by atoms with Gasteiger partial charge in [0.25, 0.3) is 0 Å². The standard InChI is InChI=1S/C18H19NO2S/c20-18(13-9-14-4-2-5-15(10-13)22(14)21)16-6-1-3-12-7-8-19-11-17(12)16/h1,3,6-8,11,13-15H,2,4-5,9-10H2. The van der Waals surface area contributed by atoms with Gasteiger partial charge in [-0.15, -0.1) is 0 Å². The van der Waals surface area contributed by atoms with Gasteiger partial charge >= 0.3 is 0 Å². The van der Waals surface area contributed by atoms with Crippen molar-refractivity contribution in [3.8, 4) is 0 Å². The third-order valence-electron chi connectivity index (χ3n) is 5.12. The van der Waals surface area contributed by atoms with Crippen LogP contribution >= 0.6 is 0 Å². The van der Waals surface area contributed by atoms with Crippen molar-refractivity contribution in [2.45, 2.75) is 42.6 Å². The average molecular weight is 313 g/mol. The molecule has 1 aromatic heterocycles. The molecule has 2 fully saturated rings. The van der Waals surface area contributed by atoms with E-state index in [-0.39, 0.29) is 22.2 Å². The van der Waals surface area contributed by atoms with Crippen molar-refractivity contribution in [3.05, 3.63) is 42.2 Å². The molecule has 2 bridgehead atoms. The lowest BCUT2D eigenvalue weighted by molar-refractivity contribution is 0.0897. The van der Waals surface area contributed by atoms with Gasteiger partial charge in [0, 0.05) is 50.6 Å². The van der Waals surface area contributed by atoms with Gasteiger partial charge in [-0.1, -0.05) is 24.6 Å². The van der Waals surface area contributed by atoms with Crippen LogP contribution in [0.2, 0.25) is 0 Å². The quantitative estimate of drug-likeness (QED) is 0.797. The minimum atomic E-state index is -0.721. The molecular weight excluding hydrogens is 294 g/mol. The first-order chi connectivity index (χ1) is 10.7. The van der Waals surface area contributed by atoms with Gasteiger partial charge in [-0.25, -0.2) is 0 Å². The van der Waals surface area contributed by atoms with Gasteiger partial charge < -0.3 is 0 Å². The summed E-state index contributed by atoms with van der Waals surface area (Å²) in [5.41, 5.74) is 0.779. The third kappa shape index (κ3) is 2.30. The molecule has 2 aliphatic heterocycles. The Bertz CT molecular complexity index is 736. The maximum absolute atomic E-state index is 13.0. The van der Waals surface area contributed by atoms with Gasteiger partial charge in [0.1, 0.15) is 0 Å². The van der Waals surface area contributed by atoms with Crippen LogP contribution in [-0.2, 0) is 10.8 Å². The van der Waals surface area contributed by atoms with E-state index in [1.165, 1.54) is 6.42 Å². The summed E-state index contributed by atoms with van der Waals surface area (Å²) in [6, 6.07) is 7.81. The van der Waals surface area contributed by atoms with Gasteiger partial charge in [0.15, 0.2) is 5.78 Å². The second kappa shape index (κ2) is 5.58. The Labute approximate surface area is 132 Å². The van der Waals surface area contributed by atoms with Gasteiger partial charge in [0.2, 0.25) is 0 Å². The molecule has 0 spiro atoms. The highest BCUT2D eigenvalue weighted by Crippen LogP contribution is 2.38. The van der Waals surface area contributed by atoms with Crippen LogP contribution in [0.15, 0.2) is 36.7 Å². The summed E-state index contributed by atoms with van der Waals surface area (Å²) in [5.74, 6) is 0.242. The Hall–Kier alpha value is -1.55. The van der Waals surface area contributed by atoms with Crippen LogP contribution in [0.4, 0.5) is 0 Å². The first kappa shape index (κ1) is 14.1. The van der Waals surface area contributed by atoms with Crippen molar-refractivity contribution in [2.24, 2.45) is 5.92 Å². The molecule has 2 atom stereocenters. The summed E-state index contributed by atoms with van der Waals surface area (Å²) in [7, 11) is -0.721. The number of nitrogens with zero attached hydrogens (tertiary/aromatic N) is 1. The van der Waals surface area contributed by atoms with Crippen LogP contribution in [0.25, 0.3) is 10.8 Å². The number of hydrogen-bond acceptors (Lipinski definition) is 3. The number of carbonyl (C=O) groups excluding carboxylic acids is 1. The molecule has 114 valence electrons. The number of ketones is 1. The topological polar surface area (TPSA) is 47.0 Å². The van der Waals surface area contributed by atoms with E-state index >= 15 is 0 Å². The Kier molecular flexibility index (Phi) is 3.57. The fourth-order valence-electron chi connectivity index (χ4n) is 4.00. The fraction of sp³-hybridized carbons (Fsp3) is 0.444. The number of fused-ring (bicyclic) bond motifs is 3. The van der Waals surface area contributed by atoms with Crippen LogP contribution in [-0.4, -0.2) is 25.5 Å². The third-order valence-corrected chi connectivity index (χ3v) is 7.29. The van der Waals surface area contributed by atoms with E-state index in [0.717, 1.165) is 42.0 Å². The summed E-state index contributed by atoms with van der Waals surface area (Å²) in [6.45, 7) is 0. The molecule has 0 radical (unpaired) electrons. The zero-order chi connectivity index (χ0) is 15.1. The molecule has 0 N–H and O–H groups in total. The van der Waals surface area contributed by atoms with E-state index < -0.39 is 10.8 Å². The Morgan fingerprint density at radius 3 is 2.68 bits per heavy atom. The van der Waals surface area contributed by atoms with E-state index in [2.05, 4.69) is 4.98 Å². The smallest absolute Gasteiger partial charge is 0.166 e. The number of rotatable bonds is 2. The lowest BCUT2D eigenvalue weighted by atomic mass is 9.83. The predicted octanol–water partition coefficient (Wildman–Crippen LogP) is 3.50. The molecule has 22 heavy (non-hydrogen) atoms. The molecule has 2 saturated heterocycles. The first-order valence-electron chi connectivity index (χ1n) is 8.00. The predicted molar refractivity (Wildman–Crippen MR) is 88.4 cm³/mol. The summed E-state index contributed by atoms with van der Waals surface area (Å²) in [6.07, 6.45) is 8.32. The number of hydrogen-bond donors (Lipinski definition) is 0. The SMILES string of the molecule is O=C(c1cccc2ccncc12)C1CC2CCCC(C1)S2=O. The highest BCUT2D eigenvalue weighted by atomic mass is 32.2. The van der Waals surface area contributed by atoms with E-state index in [1.54, 1.807) is 12.4 Å². The molecule has 3 heterocycles. The first-order valence-corrected chi connectivity index (χ1v) is 9.28. The van der Waals surface area contributed by atoms with Crippen LogP contribution in [0.1, 0.15) is 42.5 Å². The van der Waals surface area contributed by atoms with Crippen molar-refractivity contribution in [1.29, 1.82) is 0 Å². The summed E-state index contributed by atoms with van der Waals surface area (Å²) >= 11 is 0. The van der Waals surface area contributed by atoms with Crippen molar-refractivity contribution in [1.82, 2.24) is 4.98 Å². The van der Waals surface area contributed by atoms with Crippen molar-refractivity contribution in [2.75, 3.05) is 0 Å². The van der Waals surface area contributed by atoms with Gasteiger partial charge in [0.05, 0.1) is 0 Å². The molecular formula is C18H19NO2S. The van der Waals surface area contributed by atoms with E-state index in [0.29, 0.717) is 0 Å². The maximum Gasteiger partial charge on any atom is 0.166 e. The van der Waals surface area contributed by atoms with E-state index in [9.17, 15) is 9.00 Å². The Balaban J connectivity index is 1.68. The number of carbonyl (C=O) groups is 1. The lowest BCUT2D eigenvalue weighted by Gasteiger charge is -2.37. The Morgan fingerprint density at radius 1 is 1.14 bits per heavy atom. The molecule has 0 aliphatic carbocycles. The summed E-state index contributed by atoms with van der Waals surface area (Å²) in [5, 5.41) is 2.45. The van der Waals surface area contributed by atoms with Gasteiger partial charge in [-0.3, -0.25) is 14.0 Å². The van der Waals surface area contributed by atoms with Gasteiger partial charge in [-0.05, 0) is 37.1 Å². The molecule has 0 amide bonds. The molecule has 3 nitrogen and oxygen atoms in total. The highest BCUT2D eigenvalue weighted by molar-refractivity contribution is 7.86. The molecule has 2 aliphatic rings. The van der Waals surface area contributed by atoms with E-state index in [4.69, 9.17) is 0 Å². The molecule has 4 rings (SSSR count). The zero-order valence-electron chi connectivity index (χ0n) is 12.4. The average Bonchev–Trinajstić information content (AvgIpc) is 2.53. The zero-order valence-corrected chi connectivity index (χ0v) is 13.2. The number of pyridine rings is 1. The van der Waals surface area contributed by atoms with Crippen LogP contribution in [0.3, 0.4) is 0 Å². The molecule has 4 heteroatoms. The van der Waals surface area contributed by atoms with Crippen molar-refractivity contribution < 1.29 is 9.00 Å². The molecule has 0 saturated carbocycles. The molecule has 2 aromatic rings. The normalized spacial score (nSPS) is 31.1. The van der Waals surface area contributed by atoms with Crippen LogP contribution < -0.4 is 0 Å². The largest absolute Gasteiger partial charge is 0.294 e. The van der Waals surface area contributed by atoms with Crippen LogP contribution in [0, 0.1) is 5.92 Å². The second-order valence-corrected chi connectivity index (χ2v) is 8.43. The van der Waals surface area contributed by atoms with E-state index in [1.807, 2.05) is 24.3 Å². The van der Waals surface area contributed by atoms with Gasteiger partial charge in [-0.2, -0.15) is 0 Å². The number of aromatic nitrogens is 1. The fourth-order valence-corrected chi connectivity index (χ4v) is 6.18. The highest BCUT2D eigenvalue weighted by Gasteiger charge is 2.40. The second-order valence-electron chi connectivity index (χ2n) is 6.44. The molecule has 2 unspecified atom stereocenters. The summed E-state index contributed by atoms with van der Waals surface area (Å²) < 4.78 is 12.3. The summed E-state index contributed by atoms with van der Waals surface area (Å²) in [4.78, 5) is 17.2. The number of benzene rings is 1. The number of Topliss-reactive ketones (excluding diaryl/α,β-unsaturated/α-hetero) is 1. The monoisotopic (exact) mass is 313 g/mol. The lowest BCUT2D eigenvalue weighted by Crippen LogP contribution is -2.41. The van der Waals surface area contributed by atoms with Crippen molar-refractivity contribution in [3.63, 3.8) is 0 Å². The van der Waals surface area contributed by atoms with Crippen molar-refractivity contribution >= 4 is 27.4 Å². The maximum atomic E-state index is 13.0. The minimum absolute atomic E-state index is 0.0267.